The van der Waals surface area contributed by atoms with E-state index in [1.807, 2.05) is 0 Å². The molecule has 0 saturated heterocycles. The molecular formula is C24H38N6O6S6. The number of fused-ring (bicyclic) bond motifs is 2. The Kier molecular flexibility index (Phi) is 15.3. The minimum Gasteiger partial charge on any atom is -0.314 e. The minimum absolute atomic E-state index is 0.154. The molecule has 0 aliphatic carbocycles. The first kappa shape index (κ1) is 35.5. The average molecular weight is 699 g/mol. The summed E-state index contributed by atoms with van der Waals surface area (Å²) in [5.74, 6) is 0.580. The lowest BCUT2D eigenvalue weighted by atomic mass is 10.0. The maximum atomic E-state index is 10.3. The summed E-state index contributed by atoms with van der Waals surface area (Å²) in [6.07, 6.45) is 3.26. The highest BCUT2D eigenvalue weighted by Crippen LogP contribution is 2.49. The molecule has 42 heavy (non-hydrogen) atoms. The van der Waals surface area contributed by atoms with E-state index in [4.69, 9.17) is 10.3 Å². The van der Waals surface area contributed by atoms with E-state index >= 15 is 0 Å². The van der Waals surface area contributed by atoms with Gasteiger partial charge < -0.3 is 20.3 Å². The van der Waals surface area contributed by atoms with Gasteiger partial charge in [-0.2, -0.15) is 0 Å². The van der Waals surface area contributed by atoms with Crippen molar-refractivity contribution in [1.29, 1.82) is 0 Å². The van der Waals surface area contributed by atoms with Gasteiger partial charge in [-0.3, -0.25) is 10.3 Å². The number of thioether (sulfide) groups is 2. The van der Waals surface area contributed by atoms with Crippen LogP contribution in [0.2, 0.25) is 0 Å². The third-order valence-corrected chi connectivity index (χ3v) is 13.2. The van der Waals surface area contributed by atoms with Crippen LogP contribution in [0.1, 0.15) is 69.7 Å². The summed E-state index contributed by atoms with van der Waals surface area (Å²) < 4.78 is 4.75. The quantitative estimate of drug-likeness (QED) is 0.0925. The number of nitrogens with one attached hydrogen (secondary N) is 2. The van der Waals surface area contributed by atoms with Gasteiger partial charge in [-0.25, -0.2) is 0 Å². The number of hydrogen-bond acceptors (Lipinski definition) is 16. The maximum absolute atomic E-state index is 10.3. The van der Waals surface area contributed by atoms with E-state index < -0.39 is 10.2 Å². The van der Waals surface area contributed by atoms with E-state index in [0.29, 0.717) is 35.3 Å². The van der Waals surface area contributed by atoms with Gasteiger partial charge in [0.2, 0.25) is 0 Å². The molecule has 4 rings (SSSR count). The summed E-state index contributed by atoms with van der Waals surface area (Å²) in [6, 6.07) is 4.90. The Balaban J connectivity index is 0.000000231. The van der Waals surface area contributed by atoms with Gasteiger partial charge in [0.25, 0.3) is 10.2 Å². The summed E-state index contributed by atoms with van der Waals surface area (Å²) in [5.41, 5.74) is 2.62. The summed E-state index contributed by atoms with van der Waals surface area (Å²) in [7, 11) is 0. The Morgan fingerprint density at radius 2 is 1.36 bits per heavy atom. The molecule has 4 heterocycles. The number of rotatable bonds is 15. The molecule has 18 heteroatoms. The van der Waals surface area contributed by atoms with Gasteiger partial charge in [0, 0.05) is 22.6 Å². The van der Waals surface area contributed by atoms with Crippen molar-refractivity contribution in [3.05, 3.63) is 43.5 Å². The molecule has 2 aliphatic rings. The molecule has 4 unspecified atom stereocenters. The normalized spacial score (nSPS) is 21.2. The third kappa shape index (κ3) is 11.2. The fourth-order valence-electron chi connectivity index (χ4n) is 4.58. The second-order valence-electron chi connectivity index (χ2n) is 9.96. The van der Waals surface area contributed by atoms with Gasteiger partial charge in [0.1, 0.15) is 0 Å². The molecule has 2 aliphatic heterocycles. The van der Waals surface area contributed by atoms with Crippen molar-refractivity contribution in [2.45, 2.75) is 85.9 Å². The second-order valence-corrected chi connectivity index (χ2v) is 17.1. The molecule has 0 fully saturated rings. The second kappa shape index (κ2) is 18.1. The fourth-order valence-corrected chi connectivity index (χ4v) is 11.6. The number of nitrogens with zero attached hydrogens (tertiary/aromatic N) is 2. The first-order valence-corrected chi connectivity index (χ1v) is 18.6. The van der Waals surface area contributed by atoms with Crippen molar-refractivity contribution < 1.29 is 19.8 Å². The molecule has 0 bridgehead atoms. The van der Waals surface area contributed by atoms with Gasteiger partial charge >= 0.3 is 0 Å². The zero-order valence-electron chi connectivity index (χ0n) is 23.6. The Morgan fingerprint density at radius 3 is 1.74 bits per heavy atom. The van der Waals surface area contributed by atoms with Gasteiger partial charge in [0.05, 0.1) is 30.1 Å². The van der Waals surface area contributed by atoms with Gasteiger partial charge in [-0.1, -0.05) is 20.8 Å². The van der Waals surface area contributed by atoms with E-state index in [2.05, 4.69) is 53.2 Å². The van der Waals surface area contributed by atoms with Gasteiger partial charge in [-0.15, -0.1) is 66.4 Å². The van der Waals surface area contributed by atoms with Crippen LogP contribution in [0.15, 0.2) is 29.0 Å². The fraction of sp³-hybridized carbons (Fsp3) is 0.667. The predicted octanol–water partition coefficient (Wildman–Crippen LogP) is 6.29. The van der Waals surface area contributed by atoms with Crippen molar-refractivity contribution in [2.24, 2.45) is 16.2 Å². The van der Waals surface area contributed by atoms with Crippen molar-refractivity contribution >= 4 is 70.1 Å². The molecular weight excluding hydrogens is 661 g/mol. The van der Waals surface area contributed by atoms with Crippen LogP contribution in [-0.4, -0.2) is 47.0 Å². The van der Waals surface area contributed by atoms with E-state index in [-0.39, 0.29) is 19.3 Å². The Hall–Kier alpha value is -0.960. The Labute approximate surface area is 271 Å². The molecule has 2 aromatic rings. The van der Waals surface area contributed by atoms with Crippen molar-refractivity contribution in [1.82, 2.24) is 10.6 Å². The molecule has 12 nitrogen and oxygen atoms in total. The van der Waals surface area contributed by atoms with Crippen LogP contribution in [0.4, 0.5) is 0 Å². The summed E-state index contributed by atoms with van der Waals surface area (Å²) >= 11 is 9.51. The number of thiophene rings is 2. The Morgan fingerprint density at radius 1 is 0.905 bits per heavy atom. The summed E-state index contributed by atoms with van der Waals surface area (Å²) in [4.78, 5) is 29.4. The molecule has 6 N–H and O–H groups in total. The zero-order chi connectivity index (χ0) is 30.6. The molecule has 0 saturated carbocycles. The van der Waals surface area contributed by atoms with Crippen LogP contribution in [0.25, 0.3) is 0 Å². The zero-order valence-corrected chi connectivity index (χ0v) is 28.5. The van der Waals surface area contributed by atoms with Crippen molar-refractivity contribution in [3.8, 4) is 0 Å². The van der Waals surface area contributed by atoms with Crippen molar-refractivity contribution in [2.75, 3.05) is 26.3 Å². The largest absolute Gasteiger partial charge is 0.314 e. The van der Waals surface area contributed by atoms with E-state index in [9.17, 15) is 20.2 Å². The topological polar surface area (TPSA) is 181 Å². The van der Waals surface area contributed by atoms with Crippen LogP contribution in [0, 0.1) is 26.1 Å². The van der Waals surface area contributed by atoms with Gasteiger partial charge in [-0.05, 0) is 91.8 Å². The third-order valence-electron chi connectivity index (χ3n) is 6.43. The molecule has 0 spiro atoms. The van der Waals surface area contributed by atoms with E-state index in [1.165, 1.54) is 43.4 Å². The molecule has 0 aromatic carbocycles. The molecule has 2 aromatic heterocycles. The monoisotopic (exact) mass is 698 g/mol. The highest BCUT2D eigenvalue weighted by Gasteiger charge is 2.31. The van der Waals surface area contributed by atoms with Crippen LogP contribution < -0.4 is 20.9 Å². The summed E-state index contributed by atoms with van der Waals surface area (Å²) in [6.45, 7) is 8.60. The van der Waals surface area contributed by atoms with Crippen LogP contribution in [0.3, 0.4) is 0 Å². The number of hydrogen-bond donors (Lipinski definition) is 4. The van der Waals surface area contributed by atoms with Gasteiger partial charge in [0.15, 0.2) is 0 Å². The molecule has 0 radical (unpaired) electrons. The smallest absolute Gasteiger partial charge is 0.294 e. The average Bonchev–Trinajstić information content (AvgIpc) is 3.56. The Bertz CT molecular complexity index is 1150. The number of nitrogens with two attached hydrogens (primary N) is 2. The lowest BCUT2D eigenvalue weighted by Gasteiger charge is -2.30. The van der Waals surface area contributed by atoms with Crippen LogP contribution >= 0.6 is 70.1 Å². The first-order valence-electron chi connectivity index (χ1n) is 13.5. The minimum atomic E-state index is -0.727. The van der Waals surface area contributed by atoms with Crippen LogP contribution in [0.5, 0.6) is 0 Å². The standard InChI is InChI=1S/C13H21N3O3S3.C11H17N3O3S3/c1-8(2)7-15-11-5-9(3-4-19-16(17)18)20-13-10(11)6-12(21-13)22-14;1-2-13-9-5-7(3-4-17-14(15)16)18-11-8(9)6-10(19-11)20-12/h6,8-9,11,15H,3-5,7,14H2,1-2H3;6-7,9,13H,2-5,12H2,1H3. The van der Waals surface area contributed by atoms with Crippen molar-refractivity contribution in [3.63, 3.8) is 0 Å². The highest BCUT2D eigenvalue weighted by atomic mass is 32.2. The van der Waals surface area contributed by atoms with Crippen LogP contribution in [-0.2, 0) is 9.68 Å². The lowest BCUT2D eigenvalue weighted by Crippen LogP contribution is -2.30. The SMILES string of the molecule is CC(C)CNC1CC(CCO[N+](=O)[O-])Sc2sc(SN)cc21.CCNC1CC(CCO[N+](=O)[O-])Sc2sc(SN)cc21. The highest BCUT2D eigenvalue weighted by molar-refractivity contribution is 8.03. The molecule has 0 amide bonds. The molecule has 4 atom stereocenters. The lowest BCUT2D eigenvalue weighted by molar-refractivity contribution is -0.757. The van der Waals surface area contributed by atoms with E-state index in [1.54, 1.807) is 46.2 Å². The predicted molar refractivity (Wildman–Crippen MR) is 174 cm³/mol. The van der Waals surface area contributed by atoms with E-state index in [0.717, 1.165) is 34.3 Å². The first-order chi connectivity index (χ1) is 20.1. The maximum Gasteiger partial charge on any atom is 0.294 e. The summed E-state index contributed by atoms with van der Waals surface area (Å²) in [5, 5.41) is 38.1. The molecule has 236 valence electrons.